The fourth-order valence-corrected chi connectivity index (χ4v) is 5.95. The Morgan fingerprint density at radius 3 is 2.28 bits per heavy atom. The van der Waals surface area contributed by atoms with Crippen LogP contribution >= 0.6 is 0 Å². The Labute approximate surface area is 149 Å². The van der Waals surface area contributed by atoms with Gasteiger partial charge in [-0.2, -0.15) is 5.10 Å². The molecule has 4 aliphatic rings. The van der Waals surface area contributed by atoms with E-state index < -0.39 is 0 Å². The number of nitrogens with zero attached hydrogens (tertiary/aromatic N) is 3. The highest BCUT2D eigenvalue weighted by Crippen LogP contribution is 2.56. The van der Waals surface area contributed by atoms with Gasteiger partial charge in [0.2, 0.25) is 0 Å². The van der Waals surface area contributed by atoms with Crippen LogP contribution in [0, 0.1) is 17.8 Å². The van der Waals surface area contributed by atoms with E-state index in [9.17, 15) is 0 Å². The summed E-state index contributed by atoms with van der Waals surface area (Å²) in [5.41, 5.74) is 2.74. The molecule has 2 aromatic rings. The van der Waals surface area contributed by atoms with Crippen molar-refractivity contribution in [2.24, 2.45) is 24.8 Å². The number of hydrogen-bond acceptors (Lipinski definition) is 4. The second kappa shape index (κ2) is 5.75. The van der Waals surface area contributed by atoms with Gasteiger partial charge in [-0.05, 0) is 68.4 Å². The van der Waals surface area contributed by atoms with Gasteiger partial charge in [0, 0.05) is 12.6 Å². The van der Waals surface area contributed by atoms with Gasteiger partial charge < -0.3 is 10.6 Å². The first-order valence-corrected chi connectivity index (χ1v) is 9.63. The normalized spacial score (nSPS) is 32.8. The maximum Gasteiger partial charge on any atom is 0.145 e. The van der Waals surface area contributed by atoms with Crippen molar-refractivity contribution < 1.29 is 0 Å². The number of rotatable bonds is 5. The third-order valence-electron chi connectivity index (χ3n) is 6.61. The molecule has 4 fully saturated rings. The maximum atomic E-state index is 4.31. The van der Waals surface area contributed by atoms with Crippen LogP contribution in [0.15, 0.2) is 30.6 Å². The first-order valence-electron chi connectivity index (χ1n) is 9.63. The van der Waals surface area contributed by atoms with Crippen molar-refractivity contribution >= 4 is 11.4 Å². The summed E-state index contributed by atoms with van der Waals surface area (Å²) in [6.07, 6.45) is 10.1. The van der Waals surface area contributed by atoms with Gasteiger partial charge in [0.15, 0.2) is 0 Å². The van der Waals surface area contributed by atoms with E-state index >= 15 is 0 Å². The average Bonchev–Trinajstić information content (AvgIpc) is 2.97. The van der Waals surface area contributed by atoms with Crippen LogP contribution in [0.1, 0.15) is 44.3 Å². The van der Waals surface area contributed by atoms with E-state index in [0.29, 0.717) is 12.1 Å². The molecule has 0 atom stereocenters. The minimum absolute atomic E-state index is 0.331. The smallest absolute Gasteiger partial charge is 0.145 e. The van der Waals surface area contributed by atoms with Gasteiger partial charge in [-0.1, -0.05) is 12.1 Å². The molecule has 5 heteroatoms. The van der Waals surface area contributed by atoms with Gasteiger partial charge in [-0.3, -0.25) is 4.68 Å². The number of aromatic nitrogens is 3. The largest absolute Gasteiger partial charge is 0.378 e. The minimum Gasteiger partial charge on any atom is -0.378 e. The zero-order chi connectivity index (χ0) is 16.9. The van der Waals surface area contributed by atoms with E-state index in [1.54, 1.807) is 6.33 Å². The van der Waals surface area contributed by atoms with Crippen molar-refractivity contribution in [2.75, 3.05) is 10.6 Å². The summed E-state index contributed by atoms with van der Waals surface area (Å²) in [5, 5.41) is 11.7. The summed E-state index contributed by atoms with van der Waals surface area (Å²) in [6, 6.07) is 8.62. The lowest BCUT2D eigenvalue weighted by Gasteiger charge is -2.57. The number of benzene rings is 1. The Morgan fingerprint density at radius 2 is 1.68 bits per heavy atom. The molecule has 0 spiro atoms. The molecule has 4 bridgehead atoms. The number of hydrogen-bond donors (Lipinski definition) is 2. The van der Waals surface area contributed by atoms with E-state index in [4.69, 9.17) is 0 Å². The summed E-state index contributed by atoms with van der Waals surface area (Å²) in [6.45, 7) is 0.691. The molecule has 4 aliphatic carbocycles. The number of nitrogens with one attached hydrogen (secondary N) is 2. The Hall–Kier alpha value is -2.04. The van der Waals surface area contributed by atoms with E-state index in [1.165, 1.54) is 49.9 Å². The fraction of sp³-hybridized carbons (Fsp3) is 0.600. The van der Waals surface area contributed by atoms with Crippen LogP contribution in [0.4, 0.5) is 11.4 Å². The van der Waals surface area contributed by atoms with Crippen LogP contribution in [0.25, 0.3) is 0 Å². The second-order valence-electron chi connectivity index (χ2n) is 8.52. The summed E-state index contributed by atoms with van der Waals surface area (Å²) in [5.74, 6) is 3.82. The number of para-hydroxylation sites is 2. The molecule has 2 N–H and O–H groups in total. The Kier molecular flexibility index (Phi) is 3.50. The SMILES string of the molecule is Cn1ncnc1CNc1ccccc1NC12CC3CC(CC(C3)C1)C2. The molecule has 1 heterocycles. The number of aryl methyl sites for hydroxylation is 1. The third-order valence-corrected chi connectivity index (χ3v) is 6.61. The molecule has 0 unspecified atom stereocenters. The van der Waals surface area contributed by atoms with Gasteiger partial charge in [0.1, 0.15) is 12.2 Å². The highest BCUT2D eigenvalue weighted by atomic mass is 15.3. The molecule has 0 saturated heterocycles. The molecule has 4 saturated carbocycles. The van der Waals surface area contributed by atoms with Gasteiger partial charge >= 0.3 is 0 Å². The lowest BCUT2D eigenvalue weighted by Crippen LogP contribution is -2.54. The summed E-state index contributed by atoms with van der Waals surface area (Å²) < 4.78 is 1.82. The van der Waals surface area contributed by atoms with E-state index in [0.717, 1.165) is 23.6 Å². The van der Waals surface area contributed by atoms with Crippen LogP contribution in [-0.2, 0) is 13.6 Å². The molecular formula is C20H27N5. The van der Waals surface area contributed by atoms with Crippen molar-refractivity contribution in [1.29, 1.82) is 0 Å². The van der Waals surface area contributed by atoms with Crippen LogP contribution in [0.5, 0.6) is 0 Å². The van der Waals surface area contributed by atoms with E-state index in [-0.39, 0.29) is 0 Å². The minimum atomic E-state index is 0.331. The topological polar surface area (TPSA) is 54.8 Å². The van der Waals surface area contributed by atoms with Crippen LogP contribution in [0.2, 0.25) is 0 Å². The quantitative estimate of drug-likeness (QED) is 0.871. The summed E-state index contributed by atoms with van der Waals surface area (Å²) in [4.78, 5) is 4.31. The van der Waals surface area contributed by atoms with Crippen LogP contribution in [-0.4, -0.2) is 20.3 Å². The Bertz CT molecular complexity index is 730. The zero-order valence-corrected chi connectivity index (χ0v) is 14.9. The van der Waals surface area contributed by atoms with Crippen molar-refractivity contribution in [3.63, 3.8) is 0 Å². The van der Waals surface area contributed by atoms with Gasteiger partial charge in [-0.25, -0.2) is 4.98 Å². The Morgan fingerprint density at radius 1 is 1.04 bits per heavy atom. The molecule has 0 amide bonds. The number of anilines is 2. The lowest BCUT2D eigenvalue weighted by atomic mass is 9.53. The van der Waals surface area contributed by atoms with Crippen LogP contribution < -0.4 is 10.6 Å². The monoisotopic (exact) mass is 337 g/mol. The third kappa shape index (κ3) is 2.79. The first kappa shape index (κ1) is 15.2. The highest BCUT2D eigenvalue weighted by molar-refractivity contribution is 5.69. The molecule has 25 heavy (non-hydrogen) atoms. The predicted octanol–water partition coefficient (Wildman–Crippen LogP) is 3.81. The molecule has 5 nitrogen and oxygen atoms in total. The summed E-state index contributed by atoms with van der Waals surface area (Å²) in [7, 11) is 1.93. The standard InChI is InChI=1S/C20H27N5/c1-25-19(22-13-23-25)12-21-17-4-2-3-5-18(17)24-20-9-14-6-15(10-20)8-16(7-14)11-20/h2-5,13-16,21,24H,6-12H2,1H3. The summed E-state index contributed by atoms with van der Waals surface area (Å²) >= 11 is 0. The van der Waals surface area contributed by atoms with Crippen molar-refractivity contribution in [1.82, 2.24) is 14.8 Å². The van der Waals surface area contributed by atoms with Gasteiger partial charge in [-0.15, -0.1) is 0 Å². The Balaban J connectivity index is 1.35. The first-order chi connectivity index (χ1) is 12.2. The van der Waals surface area contributed by atoms with Crippen molar-refractivity contribution in [3.05, 3.63) is 36.4 Å². The van der Waals surface area contributed by atoms with Crippen molar-refractivity contribution in [2.45, 2.75) is 50.6 Å². The fourth-order valence-electron chi connectivity index (χ4n) is 5.95. The second-order valence-corrected chi connectivity index (χ2v) is 8.52. The van der Waals surface area contributed by atoms with Crippen molar-refractivity contribution in [3.8, 4) is 0 Å². The van der Waals surface area contributed by atoms with E-state index in [2.05, 4.69) is 45.0 Å². The van der Waals surface area contributed by atoms with E-state index in [1.807, 2.05) is 11.7 Å². The maximum absolute atomic E-state index is 4.31. The zero-order valence-electron chi connectivity index (χ0n) is 14.9. The molecule has 0 radical (unpaired) electrons. The van der Waals surface area contributed by atoms with Gasteiger partial charge in [0.25, 0.3) is 0 Å². The molecule has 6 rings (SSSR count). The molecule has 0 aliphatic heterocycles. The molecule has 1 aromatic heterocycles. The predicted molar refractivity (Wildman–Crippen MR) is 99.3 cm³/mol. The molecule has 1 aromatic carbocycles. The average molecular weight is 337 g/mol. The van der Waals surface area contributed by atoms with Gasteiger partial charge in [0.05, 0.1) is 17.9 Å². The molecular weight excluding hydrogens is 310 g/mol. The lowest BCUT2D eigenvalue weighted by molar-refractivity contribution is 0.0107. The highest BCUT2D eigenvalue weighted by Gasteiger charge is 2.51. The van der Waals surface area contributed by atoms with Crippen LogP contribution in [0.3, 0.4) is 0 Å². The molecule has 132 valence electrons.